The number of rotatable bonds is 4. The molecule has 84 valence electrons. The quantitative estimate of drug-likeness (QED) is 0.718. The van der Waals surface area contributed by atoms with Crippen molar-refractivity contribution in [3.63, 3.8) is 0 Å². The van der Waals surface area contributed by atoms with E-state index in [0.29, 0.717) is 18.6 Å². The molecule has 1 aliphatic rings. The zero-order valence-electron chi connectivity index (χ0n) is 9.81. The van der Waals surface area contributed by atoms with Crippen molar-refractivity contribution in [2.75, 3.05) is 0 Å². The van der Waals surface area contributed by atoms with Crippen LogP contribution in [0.2, 0.25) is 0 Å². The summed E-state index contributed by atoms with van der Waals surface area (Å²) in [4.78, 5) is 11.7. The monoisotopic (exact) mass is 207 g/mol. The van der Waals surface area contributed by atoms with E-state index < -0.39 is 0 Å². The molecule has 0 amide bonds. The zero-order chi connectivity index (χ0) is 11.5. The third-order valence-electron chi connectivity index (χ3n) is 2.97. The van der Waals surface area contributed by atoms with Crippen molar-refractivity contribution in [1.82, 2.24) is 5.32 Å². The summed E-state index contributed by atoms with van der Waals surface area (Å²) in [6, 6.07) is 0. The van der Waals surface area contributed by atoms with E-state index in [1.165, 1.54) is 0 Å². The minimum absolute atomic E-state index is 0.130. The maximum atomic E-state index is 11.7. The summed E-state index contributed by atoms with van der Waals surface area (Å²) in [6.45, 7) is 11.7. The Morgan fingerprint density at radius 2 is 1.60 bits per heavy atom. The first-order valence-electron chi connectivity index (χ1n) is 5.46. The van der Waals surface area contributed by atoms with Gasteiger partial charge in [0, 0.05) is 23.9 Å². The van der Waals surface area contributed by atoms with Crippen molar-refractivity contribution in [2.45, 2.75) is 50.6 Å². The van der Waals surface area contributed by atoms with E-state index >= 15 is 0 Å². The molecule has 0 aromatic heterocycles. The van der Waals surface area contributed by atoms with Gasteiger partial charge < -0.3 is 5.32 Å². The van der Waals surface area contributed by atoms with Crippen LogP contribution in [0.3, 0.4) is 0 Å². The molecular weight excluding hydrogens is 186 g/mol. The van der Waals surface area contributed by atoms with E-state index in [9.17, 15) is 4.79 Å². The average molecular weight is 207 g/mol. The molecule has 1 saturated heterocycles. The number of carbonyl (C=O) groups excluding carboxylic acids is 1. The lowest BCUT2D eigenvalue weighted by molar-refractivity contribution is -0.124. The summed E-state index contributed by atoms with van der Waals surface area (Å²) in [7, 11) is 0. The Hall–Kier alpha value is -0.890. The minimum Gasteiger partial charge on any atom is -0.305 e. The smallest absolute Gasteiger partial charge is 0.136 e. The summed E-state index contributed by atoms with van der Waals surface area (Å²) in [6.07, 6.45) is 6.61. The molecule has 2 unspecified atom stereocenters. The molecule has 0 bridgehead atoms. The molecule has 1 heterocycles. The molecule has 0 aliphatic carbocycles. The van der Waals surface area contributed by atoms with Gasteiger partial charge in [0.2, 0.25) is 0 Å². The van der Waals surface area contributed by atoms with Gasteiger partial charge in [-0.25, -0.2) is 0 Å². The number of Topliss-reactive ketones (excluding diaryl/α,β-unsaturated/α-hetero) is 1. The number of nitrogens with one attached hydrogen (secondary N) is 1. The van der Waals surface area contributed by atoms with E-state index in [0.717, 1.165) is 12.8 Å². The average Bonchev–Trinajstić information content (AvgIpc) is 1.99. The van der Waals surface area contributed by atoms with Crippen LogP contribution in [0.5, 0.6) is 0 Å². The third kappa shape index (κ3) is 3.03. The van der Waals surface area contributed by atoms with Crippen LogP contribution >= 0.6 is 0 Å². The van der Waals surface area contributed by atoms with Gasteiger partial charge in [0.1, 0.15) is 5.78 Å². The lowest BCUT2D eigenvalue weighted by Gasteiger charge is -2.45. The van der Waals surface area contributed by atoms with Crippen molar-refractivity contribution >= 4 is 5.78 Å². The SMILES string of the molecule is C=CCC1(C)CC(=O)CC(C)(CC=C)N1. The lowest BCUT2D eigenvalue weighted by Crippen LogP contribution is -2.60. The molecule has 0 spiro atoms. The highest BCUT2D eigenvalue weighted by atomic mass is 16.1. The van der Waals surface area contributed by atoms with Gasteiger partial charge in [-0.05, 0) is 26.7 Å². The van der Waals surface area contributed by atoms with Crippen LogP contribution in [0.25, 0.3) is 0 Å². The standard InChI is InChI=1S/C13H21NO/c1-5-7-12(3)9-11(15)10-13(4,14-12)8-6-2/h5-6,14H,1-2,7-10H2,3-4H3. The topological polar surface area (TPSA) is 29.1 Å². The van der Waals surface area contributed by atoms with Crippen molar-refractivity contribution in [3.05, 3.63) is 25.3 Å². The van der Waals surface area contributed by atoms with E-state index in [4.69, 9.17) is 0 Å². The van der Waals surface area contributed by atoms with Gasteiger partial charge in [0.05, 0.1) is 0 Å². The largest absolute Gasteiger partial charge is 0.305 e. The van der Waals surface area contributed by atoms with Crippen LogP contribution in [-0.4, -0.2) is 16.9 Å². The molecule has 2 heteroatoms. The lowest BCUT2D eigenvalue weighted by atomic mass is 9.77. The van der Waals surface area contributed by atoms with Gasteiger partial charge >= 0.3 is 0 Å². The van der Waals surface area contributed by atoms with Gasteiger partial charge in [0.25, 0.3) is 0 Å². The number of piperidine rings is 1. The van der Waals surface area contributed by atoms with E-state index in [1.807, 2.05) is 12.2 Å². The first-order valence-corrected chi connectivity index (χ1v) is 5.46. The van der Waals surface area contributed by atoms with Gasteiger partial charge in [-0.2, -0.15) is 0 Å². The first-order chi connectivity index (χ1) is 6.93. The zero-order valence-corrected chi connectivity index (χ0v) is 9.81. The van der Waals surface area contributed by atoms with Crippen molar-refractivity contribution in [1.29, 1.82) is 0 Å². The summed E-state index contributed by atoms with van der Waals surface area (Å²) in [5.41, 5.74) is -0.260. The fourth-order valence-electron chi connectivity index (χ4n) is 2.63. The number of ketones is 1. The number of hydrogen-bond donors (Lipinski definition) is 1. The Morgan fingerprint density at radius 1 is 1.20 bits per heavy atom. The van der Waals surface area contributed by atoms with Gasteiger partial charge in [-0.15, -0.1) is 13.2 Å². The first kappa shape index (κ1) is 12.2. The van der Waals surface area contributed by atoms with Crippen LogP contribution in [-0.2, 0) is 4.79 Å². The Balaban J connectivity index is 2.83. The number of hydrogen-bond acceptors (Lipinski definition) is 2. The second-order valence-electron chi connectivity index (χ2n) is 5.12. The van der Waals surface area contributed by atoms with E-state index in [2.05, 4.69) is 32.3 Å². The minimum atomic E-state index is -0.130. The molecule has 0 aromatic carbocycles. The van der Waals surface area contributed by atoms with Crippen LogP contribution in [0, 0.1) is 0 Å². The molecule has 0 aromatic rings. The second-order valence-corrected chi connectivity index (χ2v) is 5.12. The van der Waals surface area contributed by atoms with E-state index in [1.54, 1.807) is 0 Å². The fraction of sp³-hybridized carbons (Fsp3) is 0.615. The second kappa shape index (κ2) is 4.31. The highest BCUT2D eigenvalue weighted by Gasteiger charge is 2.40. The summed E-state index contributed by atoms with van der Waals surface area (Å²) >= 11 is 0. The maximum absolute atomic E-state index is 11.7. The predicted octanol–water partition coefficient (Wildman–Crippen LogP) is 2.61. The summed E-state index contributed by atoms with van der Waals surface area (Å²) in [5.74, 6) is 0.336. The normalized spacial score (nSPS) is 36.3. The van der Waals surface area contributed by atoms with Gasteiger partial charge in [-0.3, -0.25) is 4.79 Å². The van der Waals surface area contributed by atoms with Crippen LogP contribution in [0.1, 0.15) is 39.5 Å². The molecule has 2 atom stereocenters. The Kier molecular flexibility index (Phi) is 3.50. The van der Waals surface area contributed by atoms with Gasteiger partial charge in [-0.1, -0.05) is 12.2 Å². The Bertz CT molecular complexity index is 258. The molecular formula is C13H21NO. The molecule has 1 aliphatic heterocycles. The molecule has 0 radical (unpaired) electrons. The molecule has 0 saturated carbocycles. The molecule has 1 rings (SSSR count). The predicted molar refractivity (Wildman–Crippen MR) is 63.8 cm³/mol. The Labute approximate surface area is 92.4 Å². The molecule has 1 fully saturated rings. The van der Waals surface area contributed by atoms with Crippen LogP contribution in [0.4, 0.5) is 0 Å². The summed E-state index contributed by atoms with van der Waals surface area (Å²) in [5, 5.41) is 3.58. The van der Waals surface area contributed by atoms with Crippen LogP contribution < -0.4 is 5.32 Å². The molecule has 1 N–H and O–H groups in total. The fourth-order valence-corrected chi connectivity index (χ4v) is 2.63. The van der Waals surface area contributed by atoms with Crippen molar-refractivity contribution < 1.29 is 4.79 Å². The van der Waals surface area contributed by atoms with Crippen molar-refractivity contribution in [2.24, 2.45) is 0 Å². The number of carbonyl (C=O) groups is 1. The van der Waals surface area contributed by atoms with Crippen molar-refractivity contribution in [3.8, 4) is 0 Å². The van der Waals surface area contributed by atoms with E-state index in [-0.39, 0.29) is 11.1 Å². The highest BCUT2D eigenvalue weighted by Crippen LogP contribution is 2.31. The molecule has 2 nitrogen and oxygen atoms in total. The molecule has 15 heavy (non-hydrogen) atoms. The van der Waals surface area contributed by atoms with Gasteiger partial charge in [0.15, 0.2) is 0 Å². The third-order valence-corrected chi connectivity index (χ3v) is 2.97. The Morgan fingerprint density at radius 3 is 1.93 bits per heavy atom. The van der Waals surface area contributed by atoms with Crippen LogP contribution in [0.15, 0.2) is 25.3 Å². The maximum Gasteiger partial charge on any atom is 0.136 e. The summed E-state index contributed by atoms with van der Waals surface area (Å²) < 4.78 is 0. The highest BCUT2D eigenvalue weighted by molar-refractivity contribution is 5.82.